The molecule has 0 radical (unpaired) electrons. The molecule has 3 aromatic rings. The van der Waals surface area contributed by atoms with Crippen molar-refractivity contribution in [2.45, 2.75) is 32.5 Å². The van der Waals surface area contributed by atoms with Crippen LogP contribution < -0.4 is 20.3 Å². The van der Waals surface area contributed by atoms with Crippen molar-refractivity contribution < 1.29 is 9.13 Å². The van der Waals surface area contributed by atoms with Crippen LogP contribution in [-0.4, -0.2) is 41.6 Å². The zero-order chi connectivity index (χ0) is 22.9. The molecular weight excluding hydrogens is 419 g/mol. The van der Waals surface area contributed by atoms with Gasteiger partial charge in [-0.05, 0) is 42.7 Å². The lowest BCUT2D eigenvalue weighted by molar-refractivity contribution is 0.293. The summed E-state index contributed by atoms with van der Waals surface area (Å²) in [5.41, 5.74) is 2.10. The van der Waals surface area contributed by atoms with Crippen LogP contribution in [0.1, 0.15) is 24.5 Å². The monoisotopic (exact) mass is 448 g/mol. The quantitative estimate of drug-likeness (QED) is 0.406. The van der Waals surface area contributed by atoms with E-state index >= 15 is 0 Å². The molecule has 1 saturated heterocycles. The minimum absolute atomic E-state index is 0.159. The summed E-state index contributed by atoms with van der Waals surface area (Å²) in [5, 5.41) is 6.76. The molecule has 1 aliphatic rings. The summed E-state index contributed by atoms with van der Waals surface area (Å²) in [7, 11) is 0. The lowest BCUT2D eigenvalue weighted by Gasteiger charge is -2.20. The number of hydrogen-bond donors (Lipinski definition) is 2. The highest BCUT2D eigenvalue weighted by Gasteiger charge is 2.25. The van der Waals surface area contributed by atoms with E-state index in [1.807, 2.05) is 54.3 Å². The molecule has 4 rings (SSSR count). The van der Waals surface area contributed by atoms with Gasteiger partial charge in [-0.1, -0.05) is 30.3 Å². The summed E-state index contributed by atoms with van der Waals surface area (Å²) < 4.78 is 19.9. The van der Waals surface area contributed by atoms with Gasteiger partial charge in [0, 0.05) is 44.1 Å². The van der Waals surface area contributed by atoms with E-state index in [4.69, 9.17) is 9.73 Å². The summed E-state index contributed by atoms with van der Waals surface area (Å²) in [6.07, 6.45) is 4.24. The molecule has 33 heavy (non-hydrogen) atoms. The van der Waals surface area contributed by atoms with Crippen LogP contribution in [-0.2, 0) is 13.2 Å². The number of nitrogens with zero attached hydrogens (tertiary/aromatic N) is 4. The van der Waals surface area contributed by atoms with Crippen molar-refractivity contribution in [1.82, 2.24) is 20.6 Å². The zero-order valence-electron chi connectivity index (χ0n) is 18.7. The van der Waals surface area contributed by atoms with Gasteiger partial charge in [-0.15, -0.1) is 0 Å². The van der Waals surface area contributed by atoms with E-state index in [0.29, 0.717) is 31.4 Å². The summed E-state index contributed by atoms with van der Waals surface area (Å²) in [6.45, 7) is 5.16. The predicted octanol–water partition coefficient (Wildman–Crippen LogP) is 3.53. The van der Waals surface area contributed by atoms with Crippen molar-refractivity contribution in [2.24, 2.45) is 4.99 Å². The standard InChI is InChI=1S/C25H29FN6O/c1-2-27-25(31-21-11-14-32(17-21)24-22(26)9-6-12-29-24)30-16-20-10-13-28-23(15-20)33-18-19-7-4-3-5-8-19/h3-10,12-13,15,21H,2,11,14,16-18H2,1H3,(H2,27,30,31). The molecule has 172 valence electrons. The van der Waals surface area contributed by atoms with Crippen molar-refractivity contribution in [1.29, 1.82) is 0 Å². The van der Waals surface area contributed by atoms with Gasteiger partial charge in [0.25, 0.3) is 0 Å². The average molecular weight is 449 g/mol. The lowest BCUT2D eigenvalue weighted by atomic mass is 10.2. The molecule has 1 aromatic carbocycles. The maximum Gasteiger partial charge on any atom is 0.213 e. The van der Waals surface area contributed by atoms with Crippen molar-refractivity contribution in [3.8, 4) is 5.88 Å². The van der Waals surface area contributed by atoms with Crippen LogP contribution in [0.15, 0.2) is 72.0 Å². The fourth-order valence-electron chi connectivity index (χ4n) is 3.72. The Balaban J connectivity index is 1.34. The molecule has 1 fully saturated rings. The lowest BCUT2D eigenvalue weighted by Crippen LogP contribution is -2.44. The van der Waals surface area contributed by atoms with Gasteiger partial charge >= 0.3 is 0 Å². The third-order valence-electron chi connectivity index (χ3n) is 5.36. The van der Waals surface area contributed by atoms with Crippen molar-refractivity contribution in [2.75, 3.05) is 24.5 Å². The fraction of sp³-hybridized carbons (Fsp3) is 0.320. The Labute approximate surface area is 193 Å². The van der Waals surface area contributed by atoms with Gasteiger partial charge in [-0.3, -0.25) is 0 Å². The molecule has 3 heterocycles. The first kappa shape index (κ1) is 22.5. The maximum atomic E-state index is 14.1. The van der Waals surface area contributed by atoms with Crippen LogP contribution in [0.5, 0.6) is 5.88 Å². The highest BCUT2D eigenvalue weighted by molar-refractivity contribution is 5.80. The number of aromatic nitrogens is 2. The fourth-order valence-corrected chi connectivity index (χ4v) is 3.72. The number of pyridine rings is 2. The van der Waals surface area contributed by atoms with Crippen molar-refractivity contribution in [3.63, 3.8) is 0 Å². The number of benzene rings is 1. The third kappa shape index (κ3) is 6.41. The number of halogens is 1. The van der Waals surface area contributed by atoms with Crippen LogP contribution in [0.3, 0.4) is 0 Å². The minimum atomic E-state index is -0.290. The summed E-state index contributed by atoms with van der Waals surface area (Å²) in [5.74, 6) is 1.42. The Hall–Kier alpha value is -3.68. The topological polar surface area (TPSA) is 74.7 Å². The molecule has 1 aliphatic heterocycles. The summed E-state index contributed by atoms with van der Waals surface area (Å²) >= 11 is 0. The van der Waals surface area contributed by atoms with Crippen molar-refractivity contribution >= 4 is 11.8 Å². The third-order valence-corrected chi connectivity index (χ3v) is 5.36. The Bertz CT molecular complexity index is 1060. The number of anilines is 1. The molecule has 8 heteroatoms. The van der Waals surface area contributed by atoms with Crippen LogP contribution >= 0.6 is 0 Å². The Morgan fingerprint density at radius 2 is 2.00 bits per heavy atom. The summed E-state index contributed by atoms with van der Waals surface area (Å²) in [4.78, 5) is 15.2. The number of guanidine groups is 1. The number of aliphatic imine (C=N–C) groups is 1. The average Bonchev–Trinajstić information content (AvgIpc) is 3.31. The Kier molecular flexibility index (Phi) is 7.68. The van der Waals surface area contributed by atoms with Crippen molar-refractivity contribution in [3.05, 3.63) is 83.9 Å². The number of ether oxygens (including phenoxy) is 1. The van der Waals surface area contributed by atoms with Crippen LogP contribution in [0.25, 0.3) is 0 Å². The van der Waals surface area contributed by atoms with Gasteiger partial charge in [-0.2, -0.15) is 0 Å². The van der Waals surface area contributed by atoms with E-state index in [-0.39, 0.29) is 11.9 Å². The molecule has 7 nitrogen and oxygen atoms in total. The Morgan fingerprint density at radius 1 is 1.12 bits per heavy atom. The second kappa shape index (κ2) is 11.3. The summed E-state index contributed by atoms with van der Waals surface area (Å²) in [6, 6.07) is 17.1. The largest absolute Gasteiger partial charge is 0.473 e. The second-order valence-corrected chi connectivity index (χ2v) is 7.86. The molecule has 0 saturated carbocycles. The Morgan fingerprint density at radius 3 is 2.82 bits per heavy atom. The normalized spacial score (nSPS) is 16.0. The molecule has 1 atom stereocenters. The van der Waals surface area contributed by atoms with E-state index in [1.54, 1.807) is 18.5 Å². The SMILES string of the molecule is CCNC(=NCc1ccnc(OCc2ccccc2)c1)NC1CCN(c2ncccc2F)C1. The number of hydrogen-bond acceptors (Lipinski definition) is 5. The first-order chi connectivity index (χ1) is 16.2. The van der Waals surface area contributed by atoms with E-state index in [0.717, 1.165) is 36.6 Å². The molecule has 1 unspecified atom stereocenters. The van der Waals surface area contributed by atoms with Gasteiger partial charge < -0.3 is 20.3 Å². The highest BCUT2D eigenvalue weighted by Crippen LogP contribution is 2.20. The van der Waals surface area contributed by atoms with Gasteiger partial charge in [0.05, 0.1) is 6.54 Å². The van der Waals surface area contributed by atoms with Crippen LogP contribution in [0.4, 0.5) is 10.2 Å². The van der Waals surface area contributed by atoms with Crippen LogP contribution in [0, 0.1) is 5.82 Å². The van der Waals surface area contributed by atoms with Gasteiger partial charge in [0.2, 0.25) is 5.88 Å². The van der Waals surface area contributed by atoms with Crippen LogP contribution in [0.2, 0.25) is 0 Å². The number of rotatable bonds is 8. The molecule has 0 spiro atoms. The van der Waals surface area contributed by atoms with Gasteiger partial charge in [0.1, 0.15) is 6.61 Å². The second-order valence-electron chi connectivity index (χ2n) is 7.86. The van der Waals surface area contributed by atoms with E-state index in [9.17, 15) is 4.39 Å². The molecule has 2 aromatic heterocycles. The smallest absolute Gasteiger partial charge is 0.213 e. The van der Waals surface area contributed by atoms with E-state index in [2.05, 4.69) is 20.6 Å². The molecule has 0 aliphatic carbocycles. The van der Waals surface area contributed by atoms with Gasteiger partial charge in [0.15, 0.2) is 17.6 Å². The predicted molar refractivity (Wildman–Crippen MR) is 128 cm³/mol. The molecule has 0 amide bonds. The first-order valence-corrected chi connectivity index (χ1v) is 11.2. The minimum Gasteiger partial charge on any atom is -0.473 e. The maximum absolute atomic E-state index is 14.1. The molecule has 2 N–H and O–H groups in total. The van der Waals surface area contributed by atoms with E-state index in [1.165, 1.54) is 6.07 Å². The van der Waals surface area contributed by atoms with E-state index < -0.39 is 0 Å². The zero-order valence-corrected chi connectivity index (χ0v) is 18.7. The molecular formula is C25H29FN6O. The highest BCUT2D eigenvalue weighted by atomic mass is 19.1. The first-order valence-electron chi connectivity index (χ1n) is 11.2. The van der Waals surface area contributed by atoms with Gasteiger partial charge in [-0.25, -0.2) is 19.4 Å². The number of nitrogens with one attached hydrogen (secondary N) is 2. The molecule has 0 bridgehead atoms.